The molecule has 0 aromatic heterocycles. The lowest BCUT2D eigenvalue weighted by atomic mass is 10.00. The summed E-state index contributed by atoms with van der Waals surface area (Å²) in [5, 5.41) is 12.4. The molecule has 1 saturated heterocycles. The van der Waals surface area contributed by atoms with Crippen LogP contribution in [0.2, 0.25) is 0 Å². The molecule has 2 amide bonds. The van der Waals surface area contributed by atoms with Gasteiger partial charge in [-0.1, -0.05) is 18.2 Å². The van der Waals surface area contributed by atoms with Crippen LogP contribution in [0.3, 0.4) is 0 Å². The van der Waals surface area contributed by atoms with Crippen molar-refractivity contribution in [3.63, 3.8) is 0 Å². The minimum atomic E-state index is -0.302. The first kappa shape index (κ1) is 19.0. The van der Waals surface area contributed by atoms with Gasteiger partial charge in [0.15, 0.2) is 0 Å². The molecule has 0 unspecified atom stereocenters. The van der Waals surface area contributed by atoms with Crippen molar-refractivity contribution in [1.29, 1.82) is 0 Å². The van der Waals surface area contributed by atoms with Gasteiger partial charge < -0.3 is 15.3 Å². The zero-order valence-corrected chi connectivity index (χ0v) is 15.0. The fourth-order valence-corrected chi connectivity index (χ4v) is 3.23. The van der Waals surface area contributed by atoms with Crippen LogP contribution in [-0.4, -0.2) is 36.6 Å². The molecule has 0 radical (unpaired) electrons. The number of nitrogens with one attached hydrogen (secondary N) is 1. The number of aliphatic hydroxyl groups excluding tert-OH is 1. The molecular formula is C21H23FN2O3. The third-order valence-electron chi connectivity index (χ3n) is 4.74. The zero-order valence-electron chi connectivity index (χ0n) is 15.0. The van der Waals surface area contributed by atoms with E-state index in [4.69, 9.17) is 0 Å². The smallest absolute Gasteiger partial charge is 0.251 e. The largest absolute Gasteiger partial charge is 0.396 e. The molecule has 1 fully saturated rings. The van der Waals surface area contributed by atoms with Gasteiger partial charge in [-0.2, -0.15) is 0 Å². The molecule has 0 spiro atoms. The first-order chi connectivity index (χ1) is 13.1. The number of carbonyl (C=O) groups is 2. The molecular weight excluding hydrogens is 347 g/mol. The summed E-state index contributed by atoms with van der Waals surface area (Å²) in [6, 6.07) is 13.1. The Labute approximate surface area is 157 Å². The molecule has 0 saturated carbocycles. The third kappa shape index (κ3) is 4.92. The molecule has 2 aromatic carbocycles. The van der Waals surface area contributed by atoms with Crippen molar-refractivity contribution in [1.82, 2.24) is 5.32 Å². The highest BCUT2D eigenvalue weighted by molar-refractivity contribution is 5.99. The van der Waals surface area contributed by atoms with Gasteiger partial charge in [0, 0.05) is 43.3 Å². The van der Waals surface area contributed by atoms with Crippen LogP contribution in [0, 0.1) is 11.7 Å². The highest BCUT2D eigenvalue weighted by Gasteiger charge is 2.22. The predicted octanol–water partition coefficient (Wildman–Crippen LogP) is 2.53. The van der Waals surface area contributed by atoms with Crippen LogP contribution in [0.1, 0.15) is 28.8 Å². The molecule has 6 heteroatoms. The number of benzene rings is 2. The lowest BCUT2D eigenvalue weighted by Crippen LogP contribution is -2.32. The topological polar surface area (TPSA) is 69.6 Å². The van der Waals surface area contributed by atoms with Crippen LogP contribution in [0.15, 0.2) is 48.5 Å². The molecule has 2 N–H and O–H groups in total. The second-order valence-electron chi connectivity index (χ2n) is 6.79. The third-order valence-corrected chi connectivity index (χ3v) is 4.74. The van der Waals surface area contributed by atoms with Gasteiger partial charge in [-0.05, 0) is 48.7 Å². The van der Waals surface area contributed by atoms with Gasteiger partial charge in [0.05, 0.1) is 0 Å². The maximum absolute atomic E-state index is 13.0. The average Bonchev–Trinajstić information content (AvgIpc) is 3.12. The Morgan fingerprint density at radius 3 is 2.67 bits per heavy atom. The second-order valence-corrected chi connectivity index (χ2v) is 6.79. The van der Waals surface area contributed by atoms with E-state index in [1.165, 1.54) is 12.1 Å². The van der Waals surface area contributed by atoms with Gasteiger partial charge in [0.25, 0.3) is 5.91 Å². The first-order valence-corrected chi connectivity index (χ1v) is 9.11. The molecule has 1 aliphatic heterocycles. The highest BCUT2D eigenvalue weighted by atomic mass is 19.1. The van der Waals surface area contributed by atoms with Crippen LogP contribution in [0.4, 0.5) is 10.1 Å². The molecule has 2 aromatic rings. The van der Waals surface area contributed by atoms with Crippen molar-refractivity contribution >= 4 is 17.5 Å². The van der Waals surface area contributed by atoms with Gasteiger partial charge in [0.1, 0.15) is 5.82 Å². The van der Waals surface area contributed by atoms with Crippen LogP contribution >= 0.6 is 0 Å². The lowest BCUT2D eigenvalue weighted by molar-refractivity contribution is -0.117. The van der Waals surface area contributed by atoms with Crippen molar-refractivity contribution in [3.05, 3.63) is 65.5 Å². The number of amides is 2. The minimum absolute atomic E-state index is 0.0761. The Morgan fingerprint density at radius 2 is 2.00 bits per heavy atom. The number of carbonyl (C=O) groups excluding carboxylic acids is 2. The average molecular weight is 370 g/mol. The SMILES string of the molecule is O=C(NC[C@H](CO)Cc1ccc(F)cc1)c1cccc(N2CCCC2=O)c1. The second kappa shape index (κ2) is 8.77. The number of nitrogens with zero attached hydrogens (tertiary/aromatic N) is 1. The van der Waals surface area contributed by atoms with Crippen molar-refractivity contribution < 1.29 is 19.1 Å². The van der Waals surface area contributed by atoms with E-state index >= 15 is 0 Å². The monoisotopic (exact) mass is 370 g/mol. The Bertz CT molecular complexity index is 807. The number of rotatable bonds is 7. The van der Waals surface area contributed by atoms with Gasteiger partial charge in [-0.15, -0.1) is 0 Å². The zero-order chi connectivity index (χ0) is 19.2. The summed E-state index contributed by atoms with van der Waals surface area (Å²) in [6.07, 6.45) is 1.91. The van der Waals surface area contributed by atoms with E-state index in [1.54, 1.807) is 35.2 Å². The van der Waals surface area contributed by atoms with Crippen LogP contribution in [0.5, 0.6) is 0 Å². The van der Waals surface area contributed by atoms with E-state index in [-0.39, 0.29) is 30.2 Å². The Kier molecular flexibility index (Phi) is 6.19. The molecule has 3 rings (SSSR count). The van der Waals surface area contributed by atoms with Gasteiger partial charge >= 0.3 is 0 Å². The van der Waals surface area contributed by atoms with Gasteiger partial charge in [-0.3, -0.25) is 9.59 Å². The van der Waals surface area contributed by atoms with E-state index < -0.39 is 0 Å². The Balaban J connectivity index is 1.59. The quantitative estimate of drug-likeness (QED) is 0.787. The molecule has 1 atom stereocenters. The summed E-state index contributed by atoms with van der Waals surface area (Å²) in [7, 11) is 0. The minimum Gasteiger partial charge on any atom is -0.396 e. The van der Waals surface area contributed by atoms with Crippen LogP contribution in [0.25, 0.3) is 0 Å². The normalized spacial score (nSPS) is 15.0. The van der Waals surface area contributed by atoms with Crippen LogP contribution in [-0.2, 0) is 11.2 Å². The van der Waals surface area contributed by atoms with Gasteiger partial charge in [-0.25, -0.2) is 4.39 Å². The number of anilines is 1. The summed E-state index contributed by atoms with van der Waals surface area (Å²) in [6.45, 7) is 0.897. The highest BCUT2D eigenvalue weighted by Crippen LogP contribution is 2.22. The lowest BCUT2D eigenvalue weighted by Gasteiger charge is -2.18. The van der Waals surface area contributed by atoms with E-state index in [0.717, 1.165) is 17.7 Å². The first-order valence-electron chi connectivity index (χ1n) is 9.11. The summed E-state index contributed by atoms with van der Waals surface area (Å²) in [5.74, 6) is -0.639. The number of hydrogen-bond donors (Lipinski definition) is 2. The van der Waals surface area contributed by atoms with E-state index in [9.17, 15) is 19.1 Å². The Morgan fingerprint density at radius 1 is 1.22 bits per heavy atom. The molecule has 1 aliphatic rings. The Hall–Kier alpha value is -2.73. The summed E-state index contributed by atoms with van der Waals surface area (Å²) < 4.78 is 13.0. The van der Waals surface area contributed by atoms with Crippen molar-refractivity contribution in [3.8, 4) is 0 Å². The number of hydrogen-bond acceptors (Lipinski definition) is 3. The van der Waals surface area contributed by atoms with Crippen molar-refractivity contribution in [2.24, 2.45) is 5.92 Å². The van der Waals surface area contributed by atoms with Gasteiger partial charge in [0.2, 0.25) is 5.91 Å². The molecule has 5 nitrogen and oxygen atoms in total. The molecule has 0 bridgehead atoms. The van der Waals surface area contributed by atoms with E-state index in [2.05, 4.69) is 5.32 Å². The number of halogens is 1. The van der Waals surface area contributed by atoms with Crippen LogP contribution < -0.4 is 10.2 Å². The summed E-state index contributed by atoms with van der Waals surface area (Å²) in [5.41, 5.74) is 2.11. The molecule has 0 aliphatic carbocycles. The summed E-state index contributed by atoms with van der Waals surface area (Å²) >= 11 is 0. The maximum Gasteiger partial charge on any atom is 0.251 e. The predicted molar refractivity (Wildman–Crippen MR) is 101 cm³/mol. The molecule has 142 valence electrons. The summed E-state index contributed by atoms with van der Waals surface area (Å²) in [4.78, 5) is 26.0. The van der Waals surface area contributed by atoms with E-state index in [1.807, 2.05) is 6.07 Å². The van der Waals surface area contributed by atoms with Crippen molar-refractivity contribution in [2.75, 3.05) is 24.6 Å². The maximum atomic E-state index is 13.0. The van der Waals surface area contributed by atoms with E-state index in [0.29, 0.717) is 31.5 Å². The standard InChI is InChI=1S/C21H23FN2O3/c22-18-8-6-15(7-9-18)11-16(14-25)13-23-21(27)17-3-1-4-19(12-17)24-10-2-5-20(24)26/h1,3-4,6-9,12,16,25H,2,5,10-11,13-14H2,(H,23,27)/t16-/m1/s1. The fraction of sp³-hybridized carbons (Fsp3) is 0.333. The molecule has 1 heterocycles. The number of aliphatic hydroxyl groups is 1. The fourth-order valence-electron chi connectivity index (χ4n) is 3.23. The molecule has 27 heavy (non-hydrogen) atoms. The van der Waals surface area contributed by atoms with Crippen molar-refractivity contribution in [2.45, 2.75) is 19.3 Å².